The van der Waals surface area contributed by atoms with Crippen LogP contribution in [-0.4, -0.2) is 51.2 Å². The number of hydrogen-bond donors (Lipinski definition) is 0. The molecule has 0 bridgehead atoms. The molecule has 0 radical (unpaired) electrons. The van der Waals surface area contributed by atoms with Crippen molar-refractivity contribution in [3.05, 3.63) is 29.8 Å². The van der Waals surface area contributed by atoms with Crippen molar-refractivity contribution in [2.75, 3.05) is 45.2 Å². The molecule has 1 aromatic rings. The highest BCUT2D eigenvalue weighted by Gasteiger charge is 2.19. The summed E-state index contributed by atoms with van der Waals surface area (Å²) in [6.07, 6.45) is 0. The highest BCUT2D eigenvalue weighted by atomic mass is 16.5. The molecule has 2 rings (SSSR count). The highest BCUT2D eigenvalue weighted by Crippen LogP contribution is 2.22. The lowest BCUT2D eigenvalue weighted by Crippen LogP contribution is -2.45. The van der Waals surface area contributed by atoms with E-state index in [1.165, 1.54) is 7.11 Å². The Labute approximate surface area is 102 Å². The predicted molar refractivity (Wildman–Crippen MR) is 67.5 cm³/mol. The molecular formula is C13H18N2O2. The maximum atomic E-state index is 11.7. The van der Waals surface area contributed by atoms with Gasteiger partial charge in [0.25, 0.3) is 0 Å². The Balaban J connectivity index is 2.23. The van der Waals surface area contributed by atoms with E-state index < -0.39 is 0 Å². The van der Waals surface area contributed by atoms with E-state index in [1.54, 1.807) is 0 Å². The number of para-hydroxylation sites is 1. The number of rotatable bonds is 2. The third-order valence-electron chi connectivity index (χ3n) is 3.15. The fraction of sp³-hybridized carbons (Fsp3) is 0.462. The summed E-state index contributed by atoms with van der Waals surface area (Å²) in [7, 11) is 3.53. The maximum Gasteiger partial charge on any atom is 0.339 e. The number of likely N-dealkylation sites (N-methyl/N-ethyl adjacent to an activating group) is 1. The second-order valence-electron chi connectivity index (χ2n) is 4.30. The number of carbonyl (C=O) groups is 1. The monoisotopic (exact) mass is 234 g/mol. The van der Waals surface area contributed by atoms with E-state index in [1.807, 2.05) is 24.3 Å². The van der Waals surface area contributed by atoms with E-state index in [0.29, 0.717) is 5.56 Å². The van der Waals surface area contributed by atoms with Crippen molar-refractivity contribution in [2.45, 2.75) is 0 Å². The van der Waals surface area contributed by atoms with Crippen molar-refractivity contribution in [2.24, 2.45) is 0 Å². The summed E-state index contributed by atoms with van der Waals surface area (Å²) in [4.78, 5) is 16.2. The molecular weight excluding hydrogens is 216 g/mol. The Morgan fingerprint density at radius 3 is 2.47 bits per heavy atom. The molecule has 1 aliphatic heterocycles. The smallest absolute Gasteiger partial charge is 0.339 e. The van der Waals surface area contributed by atoms with Crippen molar-refractivity contribution < 1.29 is 9.53 Å². The van der Waals surface area contributed by atoms with Crippen LogP contribution >= 0.6 is 0 Å². The molecule has 0 aromatic heterocycles. The molecule has 0 saturated carbocycles. The maximum absolute atomic E-state index is 11.7. The lowest BCUT2D eigenvalue weighted by molar-refractivity contribution is 0.0601. The Bertz CT molecular complexity index is 398. The Morgan fingerprint density at radius 1 is 1.18 bits per heavy atom. The first-order chi connectivity index (χ1) is 8.22. The molecule has 0 unspecified atom stereocenters. The number of methoxy groups -OCH3 is 1. The van der Waals surface area contributed by atoms with Crippen molar-refractivity contribution >= 4 is 11.7 Å². The zero-order valence-corrected chi connectivity index (χ0v) is 10.3. The van der Waals surface area contributed by atoms with Crippen LogP contribution in [0.3, 0.4) is 0 Å². The summed E-state index contributed by atoms with van der Waals surface area (Å²) in [5.41, 5.74) is 1.63. The molecule has 0 amide bonds. The number of benzene rings is 1. The Hall–Kier alpha value is -1.55. The lowest BCUT2D eigenvalue weighted by Gasteiger charge is -2.34. The first-order valence-electron chi connectivity index (χ1n) is 5.83. The van der Waals surface area contributed by atoms with Gasteiger partial charge in [0, 0.05) is 26.2 Å². The normalized spacial score (nSPS) is 16.9. The minimum atomic E-state index is -0.264. The molecule has 0 N–H and O–H groups in total. The fourth-order valence-electron chi connectivity index (χ4n) is 2.08. The molecule has 0 aliphatic carbocycles. The van der Waals surface area contributed by atoms with Gasteiger partial charge in [0.2, 0.25) is 0 Å². The molecule has 4 nitrogen and oxygen atoms in total. The quantitative estimate of drug-likeness (QED) is 0.720. The minimum absolute atomic E-state index is 0.264. The summed E-state index contributed by atoms with van der Waals surface area (Å²) in [5, 5.41) is 0. The molecule has 1 heterocycles. The standard InChI is InChI=1S/C13H18N2O2/c1-14-7-9-15(10-8-14)12-6-4-3-5-11(12)13(16)17-2/h3-6H,7-10H2,1-2H3. The summed E-state index contributed by atoms with van der Waals surface area (Å²) < 4.78 is 4.81. The topological polar surface area (TPSA) is 32.8 Å². The van der Waals surface area contributed by atoms with E-state index in [2.05, 4.69) is 16.8 Å². The number of nitrogens with zero attached hydrogens (tertiary/aromatic N) is 2. The van der Waals surface area contributed by atoms with Gasteiger partial charge in [-0.3, -0.25) is 0 Å². The molecule has 1 aliphatic rings. The van der Waals surface area contributed by atoms with Gasteiger partial charge in [-0.1, -0.05) is 12.1 Å². The van der Waals surface area contributed by atoms with Gasteiger partial charge in [-0.2, -0.15) is 0 Å². The molecule has 1 fully saturated rings. The van der Waals surface area contributed by atoms with E-state index in [0.717, 1.165) is 31.9 Å². The number of piperazine rings is 1. The molecule has 0 atom stereocenters. The summed E-state index contributed by atoms with van der Waals surface area (Å²) in [6, 6.07) is 7.63. The molecule has 0 spiro atoms. The van der Waals surface area contributed by atoms with E-state index in [9.17, 15) is 4.79 Å². The van der Waals surface area contributed by atoms with Gasteiger partial charge >= 0.3 is 5.97 Å². The fourth-order valence-corrected chi connectivity index (χ4v) is 2.08. The molecule has 1 saturated heterocycles. The van der Waals surface area contributed by atoms with Crippen LogP contribution in [0, 0.1) is 0 Å². The SMILES string of the molecule is COC(=O)c1ccccc1N1CCN(C)CC1. The van der Waals surface area contributed by atoms with Crippen molar-refractivity contribution in [1.29, 1.82) is 0 Å². The van der Waals surface area contributed by atoms with E-state index in [4.69, 9.17) is 4.74 Å². The predicted octanol–water partition coefficient (Wildman–Crippen LogP) is 1.22. The minimum Gasteiger partial charge on any atom is -0.465 e. The highest BCUT2D eigenvalue weighted by molar-refractivity contribution is 5.95. The number of carbonyl (C=O) groups excluding carboxylic acids is 1. The second-order valence-corrected chi connectivity index (χ2v) is 4.30. The number of esters is 1. The Kier molecular flexibility index (Phi) is 3.64. The number of ether oxygens (including phenoxy) is 1. The van der Waals surface area contributed by atoms with Crippen LogP contribution in [0.4, 0.5) is 5.69 Å². The summed E-state index contributed by atoms with van der Waals surface area (Å²) in [5.74, 6) is -0.264. The van der Waals surface area contributed by atoms with Crippen LogP contribution in [-0.2, 0) is 4.74 Å². The molecule has 92 valence electrons. The molecule has 4 heteroatoms. The van der Waals surface area contributed by atoms with Crippen molar-refractivity contribution in [3.63, 3.8) is 0 Å². The number of hydrogen-bond acceptors (Lipinski definition) is 4. The van der Waals surface area contributed by atoms with Crippen molar-refractivity contribution in [3.8, 4) is 0 Å². The van der Waals surface area contributed by atoms with Crippen LogP contribution in [0.5, 0.6) is 0 Å². The van der Waals surface area contributed by atoms with Crippen LogP contribution in [0.1, 0.15) is 10.4 Å². The van der Waals surface area contributed by atoms with Gasteiger partial charge < -0.3 is 14.5 Å². The zero-order valence-electron chi connectivity index (χ0n) is 10.3. The first-order valence-corrected chi connectivity index (χ1v) is 5.83. The average molecular weight is 234 g/mol. The van der Waals surface area contributed by atoms with Gasteiger partial charge in [-0.05, 0) is 19.2 Å². The summed E-state index contributed by atoms with van der Waals surface area (Å²) in [6.45, 7) is 3.94. The third-order valence-corrected chi connectivity index (χ3v) is 3.15. The van der Waals surface area contributed by atoms with Crippen LogP contribution in [0.2, 0.25) is 0 Å². The summed E-state index contributed by atoms with van der Waals surface area (Å²) >= 11 is 0. The second kappa shape index (κ2) is 5.19. The molecule has 17 heavy (non-hydrogen) atoms. The average Bonchev–Trinajstić information content (AvgIpc) is 2.39. The zero-order chi connectivity index (χ0) is 12.3. The van der Waals surface area contributed by atoms with Crippen LogP contribution < -0.4 is 4.90 Å². The van der Waals surface area contributed by atoms with Gasteiger partial charge in [-0.15, -0.1) is 0 Å². The molecule has 1 aromatic carbocycles. The largest absolute Gasteiger partial charge is 0.465 e. The third kappa shape index (κ3) is 2.58. The van der Waals surface area contributed by atoms with E-state index >= 15 is 0 Å². The van der Waals surface area contributed by atoms with Gasteiger partial charge in [-0.25, -0.2) is 4.79 Å². The van der Waals surface area contributed by atoms with Crippen LogP contribution in [0.25, 0.3) is 0 Å². The first kappa shape index (κ1) is 11.9. The van der Waals surface area contributed by atoms with Gasteiger partial charge in [0.15, 0.2) is 0 Å². The number of anilines is 1. The van der Waals surface area contributed by atoms with E-state index in [-0.39, 0.29) is 5.97 Å². The lowest BCUT2D eigenvalue weighted by atomic mass is 10.1. The van der Waals surface area contributed by atoms with Crippen molar-refractivity contribution in [1.82, 2.24) is 4.90 Å². The Morgan fingerprint density at radius 2 is 1.82 bits per heavy atom. The van der Waals surface area contributed by atoms with Crippen LogP contribution in [0.15, 0.2) is 24.3 Å². The van der Waals surface area contributed by atoms with Gasteiger partial charge in [0.1, 0.15) is 0 Å². The van der Waals surface area contributed by atoms with Gasteiger partial charge in [0.05, 0.1) is 18.4 Å².